The average molecular weight is 340 g/mol. The second-order valence-electron chi connectivity index (χ2n) is 6.37. The number of carbonyl (C=O) groups excluding carboxylic acids is 2. The molecule has 1 aromatic carbocycles. The number of hydrogen-bond donors (Lipinski definition) is 1. The van der Waals surface area contributed by atoms with E-state index in [0.717, 1.165) is 42.8 Å². The zero-order valence-corrected chi connectivity index (χ0v) is 14.3. The molecule has 0 saturated heterocycles. The first kappa shape index (κ1) is 15.4. The summed E-state index contributed by atoms with van der Waals surface area (Å²) in [6, 6.07) is 10.0. The van der Waals surface area contributed by atoms with Gasteiger partial charge in [-0.15, -0.1) is 11.3 Å². The lowest BCUT2D eigenvalue weighted by Crippen LogP contribution is -2.42. The highest BCUT2D eigenvalue weighted by atomic mass is 32.1. The lowest BCUT2D eigenvalue weighted by molar-refractivity contribution is -0.117. The number of thiophene rings is 1. The SMILES string of the molecule is O=C(NCC(=O)N1CCCc2ccccc21)c1cc2c(s1)CCC2. The van der Waals surface area contributed by atoms with E-state index in [9.17, 15) is 9.59 Å². The maximum Gasteiger partial charge on any atom is 0.261 e. The van der Waals surface area contributed by atoms with Crippen LogP contribution in [-0.2, 0) is 24.1 Å². The molecule has 0 fully saturated rings. The second kappa shape index (κ2) is 6.40. The standard InChI is InChI=1S/C19H20N2O2S/c22-18(21-10-4-7-13-5-1-2-8-15(13)21)12-20-19(23)17-11-14-6-3-9-16(14)24-17/h1-2,5,8,11H,3-4,6-7,9-10,12H2,(H,20,23). The van der Waals surface area contributed by atoms with E-state index in [1.54, 1.807) is 16.2 Å². The molecule has 5 heteroatoms. The summed E-state index contributed by atoms with van der Waals surface area (Å²) < 4.78 is 0. The molecule has 2 heterocycles. The van der Waals surface area contributed by atoms with Crippen molar-refractivity contribution in [3.8, 4) is 0 Å². The van der Waals surface area contributed by atoms with E-state index >= 15 is 0 Å². The predicted octanol–water partition coefficient (Wildman–Crippen LogP) is 2.95. The molecule has 4 rings (SSSR count). The van der Waals surface area contributed by atoms with E-state index in [2.05, 4.69) is 11.4 Å². The second-order valence-corrected chi connectivity index (χ2v) is 7.51. The van der Waals surface area contributed by atoms with E-state index in [4.69, 9.17) is 0 Å². The van der Waals surface area contributed by atoms with Crippen molar-refractivity contribution in [2.45, 2.75) is 32.1 Å². The Kier molecular flexibility index (Phi) is 4.10. The van der Waals surface area contributed by atoms with Gasteiger partial charge in [0.05, 0.1) is 11.4 Å². The first-order valence-corrected chi connectivity index (χ1v) is 9.32. The van der Waals surface area contributed by atoms with Crippen LogP contribution in [0.5, 0.6) is 0 Å². The highest BCUT2D eigenvalue weighted by molar-refractivity contribution is 7.14. The smallest absolute Gasteiger partial charge is 0.261 e. The maximum absolute atomic E-state index is 12.6. The van der Waals surface area contributed by atoms with Crippen molar-refractivity contribution in [3.05, 3.63) is 51.2 Å². The molecule has 1 N–H and O–H groups in total. The Morgan fingerprint density at radius 1 is 1.08 bits per heavy atom. The molecule has 1 aliphatic carbocycles. The third kappa shape index (κ3) is 2.84. The first-order chi connectivity index (χ1) is 11.7. The predicted molar refractivity (Wildman–Crippen MR) is 95.8 cm³/mol. The van der Waals surface area contributed by atoms with Gasteiger partial charge in [-0.25, -0.2) is 0 Å². The van der Waals surface area contributed by atoms with Crippen molar-refractivity contribution in [1.82, 2.24) is 5.32 Å². The van der Waals surface area contributed by atoms with Crippen LogP contribution in [0.15, 0.2) is 30.3 Å². The molecule has 0 radical (unpaired) electrons. The molecule has 0 spiro atoms. The van der Waals surface area contributed by atoms with Gasteiger partial charge in [0.1, 0.15) is 0 Å². The molecule has 0 unspecified atom stereocenters. The van der Waals surface area contributed by atoms with Gasteiger partial charge in [-0.1, -0.05) is 18.2 Å². The lowest BCUT2D eigenvalue weighted by atomic mass is 10.0. The van der Waals surface area contributed by atoms with E-state index in [1.165, 1.54) is 22.4 Å². The number of nitrogens with one attached hydrogen (secondary N) is 1. The number of benzene rings is 1. The van der Waals surface area contributed by atoms with Gasteiger partial charge in [-0.05, 0) is 55.4 Å². The third-order valence-corrected chi connectivity index (χ3v) is 6.02. The molecule has 1 aromatic heterocycles. The zero-order valence-electron chi connectivity index (χ0n) is 13.5. The van der Waals surface area contributed by atoms with Crippen LogP contribution in [0.4, 0.5) is 5.69 Å². The number of fused-ring (bicyclic) bond motifs is 2. The number of rotatable bonds is 3. The van der Waals surface area contributed by atoms with Gasteiger partial charge in [-0.3, -0.25) is 9.59 Å². The summed E-state index contributed by atoms with van der Waals surface area (Å²) in [7, 11) is 0. The van der Waals surface area contributed by atoms with Crippen LogP contribution < -0.4 is 10.2 Å². The molecular weight excluding hydrogens is 320 g/mol. The molecule has 2 aliphatic rings. The fourth-order valence-electron chi connectivity index (χ4n) is 3.57. The van der Waals surface area contributed by atoms with Gasteiger partial charge < -0.3 is 10.2 Å². The van der Waals surface area contributed by atoms with Crippen molar-refractivity contribution < 1.29 is 9.59 Å². The Hall–Kier alpha value is -2.14. The van der Waals surface area contributed by atoms with Gasteiger partial charge in [-0.2, -0.15) is 0 Å². The lowest BCUT2D eigenvalue weighted by Gasteiger charge is -2.29. The van der Waals surface area contributed by atoms with Crippen LogP contribution in [0.3, 0.4) is 0 Å². The van der Waals surface area contributed by atoms with Crippen molar-refractivity contribution in [3.63, 3.8) is 0 Å². The Labute approximate surface area is 145 Å². The number of anilines is 1. The van der Waals surface area contributed by atoms with Crippen molar-refractivity contribution in [2.75, 3.05) is 18.0 Å². The Morgan fingerprint density at radius 2 is 1.92 bits per heavy atom. The minimum Gasteiger partial charge on any atom is -0.342 e. The summed E-state index contributed by atoms with van der Waals surface area (Å²) in [5.41, 5.74) is 3.50. The zero-order chi connectivity index (χ0) is 16.5. The van der Waals surface area contributed by atoms with E-state index < -0.39 is 0 Å². The van der Waals surface area contributed by atoms with Crippen molar-refractivity contribution in [2.24, 2.45) is 0 Å². The summed E-state index contributed by atoms with van der Waals surface area (Å²) in [6.07, 6.45) is 5.32. The summed E-state index contributed by atoms with van der Waals surface area (Å²) in [5.74, 6) is -0.173. The number of carbonyl (C=O) groups is 2. The van der Waals surface area contributed by atoms with Gasteiger partial charge in [0.25, 0.3) is 5.91 Å². The summed E-state index contributed by atoms with van der Waals surface area (Å²) in [4.78, 5) is 28.7. The Bertz CT molecular complexity index is 775. The number of aryl methyl sites for hydroxylation is 3. The topological polar surface area (TPSA) is 49.4 Å². The molecule has 1 aliphatic heterocycles. The largest absolute Gasteiger partial charge is 0.342 e. The van der Waals surface area contributed by atoms with Gasteiger partial charge in [0.15, 0.2) is 0 Å². The summed E-state index contributed by atoms with van der Waals surface area (Å²) in [6.45, 7) is 0.773. The van der Waals surface area contributed by atoms with Gasteiger partial charge >= 0.3 is 0 Å². The Morgan fingerprint density at radius 3 is 2.79 bits per heavy atom. The highest BCUT2D eigenvalue weighted by Gasteiger charge is 2.23. The molecule has 0 atom stereocenters. The fourth-order valence-corrected chi connectivity index (χ4v) is 4.74. The maximum atomic E-state index is 12.6. The Balaban J connectivity index is 1.41. The summed E-state index contributed by atoms with van der Waals surface area (Å²) in [5, 5.41) is 2.80. The van der Waals surface area contributed by atoms with E-state index in [-0.39, 0.29) is 18.4 Å². The monoisotopic (exact) mass is 340 g/mol. The normalized spacial score (nSPS) is 15.8. The highest BCUT2D eigenvalue weighted by Crippen LogP contribution is 2.30. The molecule has 24 heavy (non-hydrogen) atoms. The van der Waals surface area contributed by atoms with Crippen LogP contribution in [0.2, 0.25) is 0 Å². The van der Waals surface area contributed by atoms with Crippen LogP contribution in [0.1, 0.15) is 38.5 Å². The number of nitrogens with zero attached hydrogens (tertiary/aromatic N) is 1. The van der Waals surface area contributed by atoms with Crippen LogP contribution >= 0.6 is 11.3 Å². The minimum absolute atomic E-state index is 0.0420. The van der Waals surface area contributed by atoms with Crippen molar-refractivity contribution in [1.29, 1.82) is 0 Å². The quantitative estimate of drug-likeness (QED) is 0.934. The van der Waals surface area contributed by atoms with E-state index in [1.807, 2.05) is 24.3 Å². The van der Waals surface area contributed by atoms with E-state index in [0.29, 0.717) is 0 Å². The van der Waals surface area contributed by atoms with Crippen LogP contribution in [-0.4, -0.2) is 24.9 Å². The molecule has 124 valence electrons. The molecular formula is C19H20N2O2S. The molecule has 0 bridgehead atoms. The van der Waals surface area contributed by atoms with Crippen LogP contribution in [0, 0.1) is 0 Å². The number of hydrogen-bond acceptors (Lipinski definition) is 3. The number of para-hydroxylation sites is 1. The minimum atomic E-state index is -0.131. The third-order valence-electron chi connectivity index (χ3n) is 4.78. The van der Waals surface area contributed by atoms with Crippen molar-refractivity contribution >= 4 is 28.8 Å². The number of amides is 2. The van der Waals surface area contributed by atoms with Gasteiger partial charge in [0.2, 0.25) is 5.91 Å². The first-order valence-electron chi connectivity index (χ1n) is 8.50. The van der Waals surface area contributed by atoms with Gasteiger partial charge in [0, 0.05) is 17.1 Å². The molecule has 2 amide bonds. The molecule has 4 nitrogen and oxygen atoms in total. The molecule has 2 aromatic rings. The fraction of sp³-hybridized carbons (Fsp3) is 0.368. The summed E-state index contributed by atoms with van der Waals surface area (Å²) >= 11 is 1.57. The van der Waals surface area contributed by atoms with Crippen LogP contribution in [0.25, 0.3) is 0 Å². The molecule has 0 saturated carbocycles. The average Bonchev–Trinajstić information content (AvgIpc) is 3.20.